The Hall–Kier alpha value is -3.57. The maximum absolute atomic E-state index is 14.2. The van der Waals surface area contributed by atoms with Crippen LogP contribution in [0.2, 0.25) is 5.02 Å². The monoisotopic (exact) mass is 571 g/mol. The van der Waals surface area contributed by atoms with E-state index in [1.54, 1.807) is 20.2 Å². The van der Waals surface area contributed by atoms with Crippen LogP contribution in [0.3, 0.4) is 0 Å². The minimum Gasteiger partial charge on any atom is -0.493 e. The van der Waals surface area contributed by atoms with E-state index in [0.29, 0.717) is 41.9 Å². The summed E-state index contributed by atoms with van der Waals surface area (Å²) < 4.78 is 68.8. The molecule has 0 N–H and O–H groups in total. The van der Waals surface area contributed by atoms with E-state index in [1.807, 2.05) is 19.1 Å². The van der Waals surface area contributed by atoms with Crippen molar-refractivity contribution in [2.24, 2.45) is 0 Å². The van der Waals surface area contributed by atoms with E-state index in [2.05, 4.69) is 11.6 Å². The lowest BCUT2D eigenvalue weighted by molar-refractivity contribution is -0.106. The Morgan fingerprint density at radius 2 is 1.90 bits per heavy atom. The Balaban J connectivity index is 0.000000293. The van der Waals surface area contributed by atoms with Crippen LogP contribution in [0.4, 0.5) is 28.0 Å². The van der Waals surface area contributed by atoms with Crippen LogP contribution in [0.25, 0.3) is 0 Å². The number of urea groups is 1. The van der Waals surface area contributed by atoms with E-state index < -0.39 is 23.7 Å². The van der Waals surface area contributed by atoms with Gasteiger partial charge in [-0.25, -0.2) is 14.2 Å². The fourth-order valence-corrected chi connectivity index (χ4v) is 3.44. The number of alkyl halides is 3. The van der Waals surface area contributed by atoms with E-state index in [0.717, 1.165) is 29.7 Å². The average molecular weight is 572 g/mol. The number of benzene rings is 1. The molecule has 0 fully saturated rings. The Morgan fingerprint density at radius 1 is 1.21 bits per heavy atom. The molecule has 2 aromatic rings. The summed E-state index contributed by atoms with van der Waals surface area (Å²) in [6.07, 6.45) is -0.902. The molecule has 39 heavy (non-hydrogen) atoms. The van der Waals surface area contributed by atoms with Gasteiger partial charge in [0.05, 0.1) is 12.3 Å². The Bertz CT molecular complexity index is 1250. The van der Waals surface area contributed by atoms with Crippen molar-refractivity contribution in [3.63, 3.8) is 0 Å². The van der Waals surface area contributed by atoms with Crippen molar-refractivity contribution in [3.8, 4) is 5.88 Å². The Morgan fingerprint density at radius 3 is 2.49 bits per heavy atom. The first-order valence-electron chi connectivity index (χ1n) is 11.6. The highest BCUT2D eigenvalue weighted by Gasteiger charge is 2.43. The number of nitrogens with zero attached hydrogens (tertiary/aromatic N) is 3. The maximum Gasteiger partial charge on any atom is 0.431 e. The molecule has 2 heterocycles. The van der Waals surface area contributed by atoms with Gasteiger partial charge in [-0.15, -0.1) is 0 Å². The summed E-state index contributed by atoms with van der Waals surface area (Å²) >= 11 is 5.81. The zero-order chi connectivity index (χ0) is 29.3. The third-order valence-corrected chi connectivity index (χ3v) is 5.77. The third-order valence-electron chi connectivity index (χ3n) is 5.36. The van der Waals surface area contributed by atoms with Gasteiger partial charge in [0, 0.05) is 36.6 Å². The molecule has 0 spiro atoms. The second-order valence-electron chi connectivity index (χ2n) is 8.26. The Kier molecular flexibility index (Phi) is 11.4. The number of carbonyl (C=O) groups excluding carboxylic acids is 1. The van der Waals surface area contributed by atoms with Crippen molar-refractivity contribution in [1.82, 2.24) is 9.88 Å². The van der Waals surface area contributed by atoms with Crippen LogP contribution in [-0.4, -0.2) is 56.1 Å². The highest BCUT2D eigenvalue weighted by molar-refractivity contribution is 6.31. The summed E-state index contributed by atoms with van der Waals surface area (Å²) in [6.45, 7) is 10.1. The molecule has 3 rings (SSSR count). The van der Waals surface area contributed by atoms with Crippen LogP contribution < -0.4 is 9.64 Å². The molecule has 2 amide bonds. The van der Waals surface area contributed by atoms with Crippen LogP contribution in [0.1, 0.15) is 18.1 Å². The summed E-state index contributed by atoms with van der Waals surface area (Å²) in [5.41, 5.74) is 0.153. The fraction of sp³-hybridized carbons (Fsp3) is 0.333. The van der Waals surface area contributed by atoms with Crippen LogP contribution in [-0.2, 0) is 9.47 Å². The van der Waals surface area contributed by atoms with Crippen LogP contribution >= 0.6 is 11.6 Å². The third kappa shape index (κ3) is 8.46. The van der Waals surface area contributed by atoms with Crippen molar-refractivity contribution in [1.29, 1.82) is 0 Å². The summed E-state index contributed by atoms with van der Waals surface area (Å²) in [4.78, 5) is 17.8. The van der Waals surface area contributed by atoms with Gasteiger partial charge in [-0.2, -0.15) is 13.2 Å². The number of rotatable bonds is 8. The first-order chi connectivity index (χ1) is 18.3. The summed E-state index contributed by atoms with van der Waals surface area (Å²) in [5.74, 6) is 0.381. The number of allylic oxidation sites excluding steroid dienone is 3. The van der Waals surface area contributed by atoms with Gasteiger partial charge in [0.15, 0.2) is 0 Å². The fourth-order valence-electron chi connectivity index (χ4n) is 3.29. The maximum atomic E-state index is 14.2. The predicted molar refractivity (Wildman–Crippen MR) is 141 cm³/mol. The molecule has 1 aliphatic heterocycles. The molecule has 12 heteroatoms. The average Bonchev–Trinajstić information content (AvgIpc) is 2.87. The van der Waals surface area contributed by atoms with Gasteiger partial charge >= 0.3 is 12.2 Å². The smallest absolute Gasteiger partial charge is 0.431 e. The number of amides is 2. The molecule has 0 bridgehead atoms. The number of pyridine rings is 1. The molecule has 212 valence electrons. The number of hydrogen-bond donors (Lipinski definition) is 0. The molecule has 0 aliphatic carbocycles. The highest BCUT2D eigenvalue weighted by atomic mass is 35.5. The van der Waals surface area contributed by atoms with Gasteiger partial charge in [0.2, 0.25) is 5.88 Å². The van der Waals surface area contributed by atoms with Gasteiger partial charge in [-0.3, -0.25) is 9.80 Å². The Labute approximate surface area is 229 Å². The molecule has 1 aliphatic rings. The lowest BCUT2D eigenvalue weighted by Gasteiger charge is -2.35. The van der Waals surface area contributed by atoms with Crippen LogP contribution in [0.15, 0.2) is 66.3 Å². The van der Waals surface area contributed by atoms with Crippen molar-refractivity contribution >= 4 is 23.3 Å². The van der Waals surface area contributed by atoms with E-state index in [4.69, 9.17) is 25.8 Å². The molecule has 0 unspecified atom stereocenters. The first kappa shape index (κ1) is 31.6. The number of aryl methyl sites for hydroxylation is 2. The van der Waals surface area contributed by atoms with E-state index in [-0.39, 0.29) is 16.4 Å². The highest BCUT2D eigenvalue weighted by Crippen LogP contribution is 2.37. The van der Waals surface area contributed by atoms with Gasteiger partial charge in [0.25, 0.3) is 0 Å². The van der Waals surface area contributed by atoms with Gasteiger partial charge in [0.1, 0.15) is 30.5 Å². The minimum absolute atomic E-state index is 0.0685. The lowest BCUT2D eigenvalue weighted by Crippen LogP contribution is -2.47. The second kappa shape index (κ2) is 14.0. The topological polar surface area (TPSA) is 64.1 Å². The molecular weight excluding hydrogens is 542 g/mol. The van der Waals surface area contributed by atoms with E-state index in [1.165, 1.54) is 19.1 Å². The van der Waals surface area contributed by atoms with Crippen molar-refractivity contribution in [3.05, 3.63) is 88.3 Å². The normalized spacial score (nSPS) is 14.6. The quantitative estimate of drug-likeness (QED) is 0.195. The van der Waals surface area contributed by atoms with Gasteiger partial charge in [-0.1, -0.05) is 30.3 Å². The van der Waals surface area contributed by atoms with Crippen molar-refractivity contribution in [2.75, 3.05) is 38.9 Å². The number of anilines is 1. The zero-order valence-electron chi connectivity index (χ0n) is 22.2. The van der Waals surface area contributed by atoms with Gasteiger partial charge < -0.3 is 14.2 Å². The number of methoxy groups -OCH3 is 1. The number of hydrogen-bond acceptors (Lipinski definition) is 5. The molecule has 0 radical (unpaired) electrons. The van der Waals surface area contributed by atoms with E-state index in [9.17, 15) is 22.4 Å². The molecule has 0 saturated heterocycles. The lowest BCUT2D eigenvalue weighted by atomic mass is 10.1. The number of aromatic nitrogens is 1. The zero-order valence-corrected chi connectivity index (χ0v) is 23.0. The number of carbonyl (C=O) groups is 1. The molecule has 0 saturated carbocycles. The largest absolute Gasteiger partial charge is 0.493 e. The number of ether oxygens (including phenoxy) is 3. The van der Waals surface area contributed by atoms with Crippen molar-refractivity contribution < 1.29 is 36.6 Å². The number of halogens is 5. The molecule has 0 atom stereocenters. The van der Waals surface area contributed by atoms with Crippen molar-refractivity contribution in [2.45, 2.75) is 26.9 Å². The first-order valence-corrected chi connectivity index (χ1v) is 12.0. The predicted octanol–water partition coefficient (Wildman–Crippen LogP) is 6.95. The van der Waals surface area contributed by atoms with Gasteiger partial charge in [-0.05, 0) is 50.6 Å². The van der Waals surface area contributed by atoms with Crippen LogP contribution in [0.5, 0.6) is 5.88 Å². The standard InChI is InChI=1S/C15H13ClF4N2O.C12H17NO3/c1-4-9-6-13(15(18,19)20)21(3)14(23)22(9)12-5-8(2)10(16)7-11(12)17;1-10-5-4-6-13-12(10)16-9-11(2)15-8-7-14-3/h4-7H,1-3H3;4-6H,2,7-9H2,1,3H3. The van der Waals surface area contributed by atoms with E-state index >= 15 is 0 Å². The summed E-state index contributed by atoms with van der Waals surface area (Å²) in [5, 5.41) is 0.164. The molecule has 1 aromatic carbocycles. The summed E-state index contributed by atoms with van der Waals surface area (Å²) in [7, 11) is 2.61. The minimum atomic E-state index is -4.70. The molecule has 1 aromatic heterocycles. The molecule has 7 nitrogen and oxygen atoms in total. The SMILES string of the molecule is C=C(COc1ncccc1C)OCCOC.CC=C1C=C(C(F)(F)F)N(C)C(=O)N1c1cc(C)c(Cl)cc1F. The summed E-state index contributed by atoms with van der Waals surface area (Å²) in [6, 6.07) is 5.14. The van der Waals surface area contributed by atoms with Crippen LogP contribution in [0, 0.1) is 19.7 Å². The molecular formula is C27H30ClF4N3O4. The second-order valence-corrected chi connectivity index (χ2v) is 8.67.